The van der Waals surface area contributed by atoms with Gasteiger partial charge in [-0.15, -0.1) is 0 Å². The highest BCUT2D eigenvalue weighted by atomic mass is 16.5. The number of ether oxygens (including phenoxy) is 1. The number of aliphatic imine (C=N–C) groups is 1. The average Bonchev–Trinajstić information content (AvgIpc) is 3.45. The lowest BCUT2D eigenvalue weighted by Crippen LogP contribution is -2.48. The Kier molecular flexibility index (Phi) is 6.37. The number of hydrogen-bond acceptors (Lipinski definition) is 3. The zero-order chi connectivity index (χ0) is 20.1. The second-order valence-corrected chi connectivity index (χ2v) is 8.32. The standard InChI is InChI=1S/C23H33N5O/c1-18-11-13-27(16-21(18)28-14-12-25-17-28)23(24-2)26-15-19-7-3-6-10-22(19)29-20-8-4-5-9-20/h3,6-7,10,12,14,17-18,20-21H,4-5,8-9,11,13,15-16H2,1-2H3,(H,24,26). The van der Waals surface area contributed by atoms with Crippen LogP contribution in [-0.4, -0.2) is 46.7 Å². The normalized spacial score (nSPS) is 23.4. The first-order valence-electron chi connectivity index (χ1n) is 10.9. The van der Waals surface area contributed by atoms with Crippen LogP contribution in [0.4, 0.5) is 0 Å². The molecule has 2 atom stereocenters. The molecular formula is C23H33N5O. The van der Waals surface area contributed by atoms with E-state index in [2.05, 4.69) is 62.1 Å². The van der Waals surface area contributed by atoms with Gasteiger partial charge in [0.2, 0.25) is 0 Å². The van der Waals surface area contributed by atoms with Crippen molar-refractivity contribution in [1.29, 1.82) is 0 Å². The van der Waals surface area contributed by atoms with Gasteiger partial charge in [0, 0.05) is 44.6 Å². The van der Waals surface area contributed by atoms with Crippen LogP contribution in [0.2, 0.25) is 0 Å². The number of likely N-dealkylation sites (tertiary alicyclic amines) is 1. The molecule has 0 amide bonds. The van der Waals surface area contributed by atoms with Crippen LogP contribution >= 0.6 is 0 Å². The van der Waals surface area contributed by atoms with Crippen molar-refractivity contribution in [3.05, 3.63) is 48.5 Å². The number of imidazole rings is 1. The molecule has 1 aromatic carbocycles. The fourth-order valence-corrected chi connectivity index (χ4v) is 4.55. The van der Waals surface area contributed by atoms with Crippen LogP contribution in [0.5, 0.6) is 5.75 Å². The summed E-state index contributed by atoms with van der Waals surface area (Å²) in [5, 5.41) is 3.57. The zero-order valence-corrected chi connectivity index (χ0v) is 17.6. The van der Waals surface area contributed by atoms with Crippen molar-refractivity contribution in [2.24, 2.45) is 10.9 Å². The van der Waals surface area contributed by atoms with Crippen LogP contribution in [-0.2, 0) is 6.54 Å². The van der Waals surface area contributed by atoms with E-state index in [0.717, 1.165) is 37.8 Å². The summed E-state index contributed by atoms with van der Waals surface area (Å²) in [4.78, 5) is 11.2. The number of guanidine groups is 1. The lowest BCUT2D eigenvalue weighted by molar-refractivity contribution is 0.188. The van der Waals surface area contributed by atoms with Crippen molar-refractivity contribution in [3.8, 4) is 5.75 Å². The smallest absolute Gasteiger partial charge is 0.193 e. The van der Waals surface area contributed by atoms with Crippen molar-refractivity contribution >= 4 is 5.96 Å². The molecule has 29 heavy (non-hydrogen) atoms. The Labute approximate surface area is 174 Å². The monoisotopic (exact) mass is 395 g/mol. The molecule has 2 aromatic rings. The van der Waals surface area contributed by atoms with Gasteiger partial charge in [-0.3, -0.25) is 4.99 Å². The van der Waals surface area contributed by atoms with Gasteiger partial charge < -0.3 is 19.5 Å². The summed E-state index contributed by atoms with van der Waals surface area (Å²) in [6.07, 6.45) is 12.3. The molecule has 0 bridgehead atoms. The largest absolute Gasteiger partial charge is 0.490 e. The summed E-state index contributed by atoms with van der Waals surface area (Å²) in [7, 11) is 1.87. The lowest BCUT2D eigenvalue weighted by atomic mass is 9.93. The first-order chi connectivity index (χ1) is 14.2. The molecule has 2 aliphatic rings. The highest BCUT2D eigenvalue weighted by Gasteiger charge is 2.29. The van der Waals surface area contributed by atoms with E-state index in [1.165, 1.54) is 31.2 Å². The SMILES string of the molecule is CN=C(NCc1ccccc1OC1CCCC1)N1CCC(C)C(n2ccnc2)C1. The summed E-state index contributed by atoms with van der Waals surface area (Å²) in [5.74, 6) is 2.59. The molecular weight excluding hydrogens is 362 g/mol. The minimum atomic E-state index is 0.370. The Morgan fingerprint density at radius 3 is 2.83 bits per heavy atom. The van der Waals surface area contributed by atoms with Crippen LogP contribution < -0.4 is 10.1 Å². The van der Waals surface area contributed by atoms with Gasteiger partial charge in [0.25, 0.3) is 0 Å². The molecule has 6 nitrogen and oxygen atoms in total. The zero-order valence-electron chi connectivity index (χ0n) is 17.6. The average molecular weight is 396 g/mol. The first kappa shape index (κ1) is 19.8. The van der Waals surface area contributed by atoms with Gasteiger partial charge in [0.05, 0.1) is 18.5 Å². The van der Waals surface area contributed by atoms with E-state index in [1.54, 1.807) is 0 Å². The van der Waals surface area contributed by atoms with Crippen molar-refractivity contribution in [2.45, 2.75) is 57.7 Å². The number of piperidine rings is 1. The van der Waals surface area contributed by atoms with Gasteiger partial charge in [-0.1, -0.05) is 25.1 Å². The number of aromatic nitrogens is 2. The first-order valence-corrected chi connectivity index (χ1v) is 10.9. The molecule has 1 saturated carbocycles. The van der Waals surface area contributed by atoms with Crippen LogP contribution in [0.3, 0.4) is 0 Å². The van der Waals surface area contributed by atoms with Crippen LogP contribution in [0.15, 0.2) is 48.0 Å². The molecule has 2 unspecified atom stereocenters. The quantitative estimate of drug-likeness (QED) is 0.617. The Hall–Kier alpha value is -2.50. The molecule has 2 fully saturated rings. The molecule has 1 aliphatic heterocycles. The third-order valence-corrected chi connectivity index (χ3v) is 6.34. The molecule has 1 N–H and O–H groups in total. The predicted octanol–water partition coefficient (Wildman–Crippen LogP) is 3.86. The van der Waals surface area contributed by atoms with E-state index in [9.17, 15) is 0 Å². The Morgan fingerprint density at radius 2 is 2.07 bits per heavy atom. The van der Waals surface area contributed by atoms with E-state index in [4.69, 9.17) is 4.74 Å². The molecule has 1 aromatic heterocycles. The summed E-state index contributed by atoms with van der Waals surface area (Å²) < 4.78 is 8.53. The number of hydrogen-bond donors (Lipinski definition) is 1. The molecule has 4 rings (SSSR count). The molecule has 0 spiro atoms. The molecule has 2 heterocycles. The summed E-state index contributed by atoms with van der Waals surface area (Å²) in [6.45, 7) is 5.01. The van der Waals surface area contributed by atoms with E-state index < -0.39 is 0 Å². The second-order valence-electron chi connectivity index (χ2n) is 8.32. The summed E-state index contributed by atoms with van der Waals surface area (Å²) >= 11 is 0. The number of rotatable bonds is 5. The maximum atomic E-state index is 6.29. The number of nitrogens with one attached hydrogen (secondary N) is 1. The highest BCUT2D eigenvalue weighted by Crippen LogP contribution is 2.28. The van der Waals surface area contributed by atoms with Gasteiger partial charge in [0.1, 0.15) is 5.75 Å². The van der Waals surface area contributed by atoms with E-state index in [1.807, 2.05) is 19.6 Å². The van der Waals surface area contributed by atoms with Crippen molar-refractivity contribution in [3.63, 3.8) is 0 Å². The summed E-state index contributed by atoms with van der Waals surface area (Å²) in [6, 6.07) is 8.80. The predicted molar refractivity (Wildman–Crippen MR) is 116 cm³/mol. The van der Waals surface area contributed by atoms with Gasteiger partial charge in [0.15, 0.2) is 5.96 Å². The van der Waals surface area contributed by atoms with E-state index in [0.29, 0.717) is 18.1 Å². The fourth-order valence-electron chi connectivity index (χ4n) is 4.55. The van der Waals surface area contributed by atoms with Crippen molar-refractivity contribution < 1.29 is 4.74 Å². The van der Waals surface area contributed by atoms with E-state index in [-0.39, 0.29) is 0 Å². The highest BCUT2D eigenvalue weighted by molar-refractivity contribution is 5.80. The number of para-hydroxylation sites is 1. The van der Waals surface area contributed by atoms with Crippen LogP contribution in [0.1, 0.15) is 50.6 Å². The minimum absolute atomic E-state index is 0.370. The minimum Gasteiger partial charge on any atom is -0.490 e. The maximum absolute atomic E-state index is 6.29. The molecule has 1 aliphatic carbocycles. The molecule has 6 heteroatoms. The van der Waals surface area contributed by atoms with Gasteiger partial charge in [-0.2, -0.15) is 0 Å². The van der Waals surface area contributed by atoms with Gasteiger partial charge in [-0.05, 0) is 44.1 Å². The summed E-state index contributed by atoms with van der Waals surface area (Å²) in [5.41, 5.74) is 1.19. The van der Waals surface area contributed by atoms with Gasteiger partial charge >= 0.3 is 0 Å². The molecule has 0 radical (unpaired) electrons. The topological polar surface area (TPSA) is 54.7 Å². The maximum Gasteiger partial charge on any atom is 0.193 e. The van der Waals surface area contributed by atoms with Crippen molar-refractivity contribution in [2.75, 3.05) is 20.1 Å². The van der Waals surface area contributed by atoms with Crippen LogP contribution in [0.25, 0.3) is 0 Å². The number of nitrogens with zero attached hydrogens (tertiary/aromatic N) is 4. The molecule has 1 saturated heterocycles. The van der Waals surface area contributed by atoms with Gasteiger partial charge in [-0.25, -0.2) is 4.98 Å². The Morgan fingerprint density at radius 1 is 1.24 bits per heavy atom. The Balaban J connectivity index is 1.40. The second kappa shape index (κ2) is 9.33. The number of benzene rings is 1. The van der Waals surface area contributed by atoms with Crippen molar-refractivity contribution in [1.82, 2.24) is 19.8 Å². The third kappa shape index (κ3) is 4.74. The Bertz CT molecular complexity index is 797. The van der Waals surface area contributed by atoms with E-state index >= 15 is 0 Å². The lowest BCUT2D eigenvalue weighted by Gasteiger charge is -2.39. The fraction of sp³-hybridized carbons (Fsp3) is 0.565. The molecule has 156 valence electrons. The van der Waals surface area contributed by atoms with Crippen LogP contribution in [0, 0.1) is 5.92 Å². The third-order valence-electron chi connectivity index (χ3n) is 6.34.